The summed E-state index contributed by atoms with van der Waals surface area (Å²) in [6.07, 6.45) is 0.585. The maximum absolute atomic E-state index is 10.8. The van der Waals surface area contributed by atoms with Gasteiger partial charge in [-0.25, -0.2) is 0 Å². The third-order valence-corrected chi connectivity index (χ3v) is 3.10. The van der Waals surface area contributed by atoms with E-state index < -0.39 is 12.0 Å². The Bertz CT molecular complexity index is 384. The van der Waals surface area contributed by atoms with Crippen molar-refractivity contribution < 1.29 is 9.90 Å². The van der Waals surface area contributed by atoms with Crippen molar-refractivity contribution in [3.05, 3.63) is 32.9 Å². The highest BCUT2D eigenvalue weighted by Crippen LogP contribution is 2.19. The number of halogens is 2. The highest BCUT2D eigenvalue weighted by Gasteiger charge is 2.23. The maximum Gasteiger partial charge on any atom is 0.321 e. The molecule has 5 heteroatoms. The summed E-state index contributed by atoms with van der Waals surface area (Å²) in [5, 5.41) is 11.9. The molecule has 0 radical (unpaired) electrons. The third-order valence-electron chi connectivity index (χ3n) is 2.43. The molecule has 15 heavy (non-hydrogen) atoms. The SMILES string of the molecule is Cl.O=C(O)[C@H]1Cc2ccc(I)cc2CN1. The Hall–Kier alpha value is -0.330. The molecule has 0 saturated heterocycles. The maximum atomic E-state index is 10.8. The molecule has 82 valence electrons. The number of hydrogen-bond donors (Lipinski definition) is 2. The van der Waals surface area contributed by atoms with Crippen LogP contribution in [0.2, 0.25) is 0 Å². The van der Waals surface area contributed by atoms with E-state index in [1.807, 2.05) is 12.1 Å². The number of nitrogens with one attached hydrogen (secondary N) is 1. The molecular weight excluding hydrogens is 328 g/mol. The molecule has 1 atom stereocenters. The van der Waals surface area contributed by atoms with E-state index in [1.165, 1.54) is 9.13 Å². The van der Waals surface area contributed by atoms with Gasteiger partial charge in [-0.15, -0.1) is 12.4 Å². The van der Waals surface area contributed by atoms with Gasteiger partial charge in [0.25, 0.3) is 0 Å². The lowest BCUT2D eigenvalue weighted by molar-refractivity contribution is -0.139. The van der Waals surface area contributed by atoms with E-state index in [2.05, 4.69) is 34.0 Å². The Balaban J connectivity index is 0.00000112. The van der Waals surface area contributed by atoms with Gasteiger partial charge in [0, 0.05) is 10.1 Å². The van der Waals surface area contributed by atoms with Crippen LogP contribution in [-0.2, 0) is 17.8 Å². The van der Waals surface area contributed by atoms with E-state index >= 15 is 0 Å². The van der Waals surface area contributed by atoms with Gasteiger partial charge in [-0.3, -0.25) is 4.79 Å². The number of carbonyl (C=O) groups is 1. The molecule has 0 aliphatic carbocycles. The fourth-order valence-electron chi connectivity index (χ4n) is 1.66. The molecule has 0 fully saturated rings. The number of carboxylic acid groups (broad SMARTS) is 1. The van der Waals surface area contributed by atoms with Crippen LogP contribution in [0.4, 0.5) is 0 Å². The zero-order chi connectivity index (χ0) is 10.1. The fourth-order valence-corrected chi connectivity index (χ4v) is 2.21. The smallest absolute Gasteiger partial charge is 0.321 e. The second-order valence-corrected chi connectivity index (χ2v) is 4.63. The summed E-state index contributed by atoms with van der Waals surface area (Å²) in [4.78, 5) is 10.8. The molecule has 0 spiro atoms. The Morgan fingerprint density at radius 2 is 2.20 bits per heavy atom. The van der Waals surface area contributed by atoms with Gasteiger partial charge < -0.3 is 10.4 Å². The zero-order valence-corrected chi connectivity index (χ0v) is 10.8. The highest BCUT2D eigenvalue weighted by atomic mass is 127. The molecule has 0 aromatic heterocycles. The molecule has 1 aliphatic heterocycles. The van der Waals surface area contributed by atoms with Gasteiger partial charge in [-0.2, -0.15) is 0 Å². The number of carboxylic acids is 1. The van der Waals surface area contributed by atoms with E-state index in [0.717, 1.165) is 5.56 Å². The Kier molecular flexibility index (Phi) is 4.36. The van der Waals surface area contributed by atoms with Crippen LogP contribution in [0.15, 0.2) is 18.2 Å². The standard InChI is InChI=1S/C10H10INO2.ClH/c11-8-2-1-6-4-9(10(13)14)12-5-7(6)3-8;/h1-3,9,12H,4-5H2,(H,13,14);1H/t9-;/m1./s1. The second-order valence-electron chi connectivity index (χ2n) is 3.39. The number of aliphatic carboxylic acids is 1. The number of hydrogen-bond acceptors (Lipinski definition) is 2. The van der Waals surface area contributed by atoms with E-state index in [9.17, 15) is 4.79 Å². The van der Waals surface area contributed by atoms with E-state index in [1.54, 1.807) is 0 Å². The van der Waals surface area contributed by atoms with Crippen LogP contribution in [0.3, 0.4) is 0 Å². The molecule has 0 saturated carbocycles. The first kappa shape index (κ1) is 12.7. The van der Waals surface area contributed by atoms with Crippen molar-refractivity contribution >= 4 is 41.0 Å². The Morgan fingerprint density at radius 1 is 1.47 bits per heavy atom. The summed E-state index contributed by atoms with van der Waals surface area (Å²) in [6, 6.07) is 5.71. The molecule has 0 unspecified atom stereocenters. The number of benzene rings is 1. The lowest BCUT2D eigenvalue weighted by Gasteiger charge is -2.23. The van der Waals surface area contributed by atoms with Gasteiger partial charge in [0.2, 0.25) is 0 Å². The predicted molar refractivity (Wildman–Crippen MR) is 68.4 cm³/mol. The first-order valence-corrected chi connectivity index (χ1v) is 5.48. The average Bonchev–Trinajstić information content (AvgIpc) is 2.16. The summed E-state index contributed by atoms with van der Waals surface area (Å²) in [6.45, 7) is 0.656. The van der Waals surface area contributed by atoms with Crippen molar-refractivity contribution in [3.8, 4) is 0 Å². The fraction of sp³-hybridized carbons (Fsp3) is 0.300. The van der Waals surface area contributed by atoms with E-state index in [0.29, 0.717) is 13.0 Å². The predicted octanol–water partition coefficient (Wildman–Crippen LogP) is 1.81. The van der Waals surface area contributed by atoms with E-state index in [4.69, 9.17) is 5.11 Å². The molecule has 2 rings (SSSR count). The Labute approximate surface area is 108 Å². The first-order chi connectivity index (χ1) is 6.66. The van der Waals surface area contributed by atoms with Crippen LogP contribution in [0.5, 0.6) is 0 Å². The number of rotatable bonds is 1. The van der Waals surface area contributed by atoms with Crippen LogP contribution in [-0.4, -0.2) is 17.1 Å². The van der Waals surface area contributed by atoms with Gasteiger partial charge in [0.15, 0.2) is 0 Å². The second kappa shape index (κ2) is 5.14. The quantitative estimate of drug-likeness (QED) is 0.767. The molecule has 2 N–H and O–H groups in total. The van der Waals surface area contributed by atoms with E-state index in [-0.39, 0.29) is 12.4 Å². The van der Waals surface area contributed by atoms with Crippen LogP contribution >= 0.6 is 35.0 Å². The molecule has 0 amide bonds. The molecule has 1 heterocycles. The average molecular weight is 340 g/mol. The monoisotopic (exact) mass is 339 g/mol. The van der Waals surface area contributed by atoms with Crippen molar-refractivity contribution in [2.75, 3.05) is 0 Å². The normalized spacial score (nSPS) is 18.9. The zero-order valence-electron chi connectivity index (χ0n) is 7.87. The minimum Gasteiger partial charge on any atom is -0.480 e. The molecule has 0 bridgehead atoms. The highest BCUT2D eigenvalue weighted by molar-refractivity contribution is 14.1. The minimum absolute atomic E-state index is 0. The van der Waals surface area contributed by atoms with Gasteiger partial charge in [-0.1, -0.05) is 6.07 Å². The molecule has 1 aromatic rings. The van der Waals surface area contributed by atoms with Crippen molar-refractivity contribution in [3.63, 3.8) is 0 Å². The number of fused-ring (bicyclic) bond motifs is 1. The van der Waals surface area contributed by atoms with Crippen LogP contribution in [0.25, 0.3) is 0 Å². The lowest BCUT2D eigenvalue weighted by Crippen LogP contribution is -2.41. The summed E-state index contributed by atoms with van der Waals surface area (Å²) in [5.41, 5.74) is 2.37. The van der Waals surface area contributed by atoms with Crippen LogP contribution in [0.1, 0.15) is 11.1 Å². The molecule has 1 aromatic carbocycles. The molecule has 1 aliphatic rings. The van der Waals surface area contributed by atoms with Crippen molar-refractivity contribution in [1.82, 2.24) is 5.32 Å². The first-order valence-electron chi connectivity index (χ1n) is 4.40. The largest absolute Gasteiger partial charge is 0.480 e. The van der Waals surface area contributed by atoms with Crippen LogP contribution < -0.4 is 5.32 Å². The van der Waals surface area contributed by atoms with Gasteiger partial charge >= 0.3 is 5.97 Å². The lowest BCUT2D eigenvalue weighted by atomic mass is 9.96. The molecule has 3 nitrogen and oxygen atoms in total. The van der Waals surface area contributed by atoms with Gasteiger partial charge in [0.1, 0.15) is 6.04 Å². The summed E-state index contributed by atoms with van der Waals surface area (Å²) in [7, 11) is 0. The summed E-state index contributed by atoms with van der Waals surface area (Å²) in [5.74, 6) is -0.769. The van der Waals surface area contributed by atoms with Gasteiger partial charge in [0.05, 0.1) is 0 Å². The topological polar surface area (TPSA) is 49.3 Å². The Morgan fingerprint density at radius 3 is 2.87 bits per heavy atom. The van der Waals surface area contributed by atoms with Crippen molar-refractivity contribution in [2.45, 2.75) is 19.0 Å². The van der Waals surface area contributed by atoms with Crippen molar-refractivity contribution in [1.29, 1.82) is 0 Å². The summed E-state index contributed by atoms with van der Waals surface area (Å²) >= 11 is 2.26. The van der Waals surface area contributed by atoms with Crippen LogP contribution in [0, 0.1) is 3.57 Å². The summed E-state index contributed by atoms with van der Waals surface area (Å²) < 4.78 is 1.19. The third kappa shape index (κ3) is 2.83. The van der Waals surface area contributed by atoms with Crippen molar-refractivity contribution in [2.24, 2.45) is 0 Å². The van der Waals surface area contributed by atoms with Gasteiger partial charge in [-0.05, 0) is 52.3 Å². The minimum atomic E-state index is -0.769. The molecular formula is C10H11ClINO2.